The first kappa shape index (κ1) is 18.7. The van der Waals surface area contributed by atoms with Gasteiger partial charge in [-0.05, 0) is 37.0 Å². The highest BCUT2D eigenvalue weighted by molar-refractivity contribution is 6.30. The maximum absolute atomic E-state index is 13.6. The Hall–Kier alpha value is -2.33. The Kier molecular flexibility index (Phi) is 4.62. The summed E-state index contributed by atoms with van der Waals surface area (Å²) in [7, 11) is 0. The van der Waals surface area contributed by atoms with Gasteiger partial charge in [0.1, 0.15) is 0 Å². The molecule has 0 bridgehead atoms. The summed E-state index contributed by atoms with van der Waals surface area (Å²) in [6.07, 6.45) is 6.54. The van der Waals surface area contributed by atoms with Crippen LogP contribution in [-0.4, -0.2) is 34.7 Å². The van der Waals surface area contributed by atoms with Crippen LogP contribution in [0.25, 0.3) is 0 Å². The van der Waals surface area contributed by atoms with Gasteiger partial charge in [-0.15, -0.1) is 0 Å². The number of carbonyl (C=O) groups is 2. The summed E-state index contributed by atoms with van der Waals surface area (Å²) in [4.78, 5) is 30.7. The molecule has 3 aliphatic rings. The molecule has 2 aliphatic heterocycles. The second-order valence-electron chi connectivity index (χ2n) is 8.44. The van der Waals surface area contributed by atoms with E-state index in [2.05, 4.69) is 0 Å². The second kappa shape index (κ2) is 7.17. The van der Waals surface area contributed by atoms with Gasteiger partial charge < -0.3 is 9.80 Å². The van der Waals surface area contributed by atoms with Crippen LogP contribution in [0.3, 0.4) is 0 Å². The van der Waals surface area contributed by atoms with Crippen LogP contribution in [0.5, 0.6) is 0 Å². The molecule has 1 unspecified atom stereocenters. The fourth-order valence-electron chi connectivity index (χ4n) is 5.53. The number of amides is 2. The average molecular weight is 409 g/mol. The van der Waals surface area contributed by atoms with Crippen molar-refractivity contribution in [3.8, 4) is 0 Å². The van der Waals surface area contributed by atoms with Crippen LogP contribution in [0.2, 0.25) is 5.02 Å². The van der Waals surface area contributed by atoms with E-state index in [0.29, 0.717) is 36.0 Å². The molecule has 2 heterocycles. The molecule has 2 aromatic carbocycles. The molecular formula is C24H25ClN2O2. The first-order valence-electron chi connectivity index (χ1n) is 10.6. The highest BCUT2D eigenvalue weighted by Crippen LogP contribution is 2.50. The number of halogens is 1. The lowest BCUT2D eigenvalue weighted by Gasteiger charge is -2.41. The molecule has 0 aromatic heterocycles. The Morgan fingerprint density at radius 2 is 1.72 bits per heavy atom. The van der Waals surface area contributed by atoms with Crippen LogP contribution in [-0.2, 0) is 10.5 Å². The van der Waals surface area contributed by atoms with Gasteiger partial charge in [0.05, 0.1) is 0 Å². The molecule has 0 N–H and O–H groups in total. The lowest BCUT2D eigenvalue weighted by molar-refractivity contribution is -0.137. The molecule has 2 amide bonds. The summed E-state index contributed by atoms with van der Waals surface area (Å²) in [5, 5.41) is 0.646. The third kappa shape index (κ3) is 2.80. The van der Waals surface area contributed by atoms with Gasteiger partial charge in [0.2, 0.25) is 5.91 Å². The Morgan fingerprint density at radius 3 is 2.48 bits per heavy atom. The van der Waals surface area contributed by atoms with Gasteiger partial charge in [-0.2, -0.15) is 0 Å². The van der Waals surface area contributed by atoms with Gasteiger partial charge in [-0.1, -0.05) is 61.2 Å². The van der Waals surface area contributed by atoms with E-state index in [1.807, 2.05) is 58.3 Å². The molecule has 1 atom stereocenters. The fourth-order valence-corrected chi connectivity index (χ4v) is 5.66. The smallest absolute Gasteiger partial charge is 0.256 e. The van der Waals surface area contributed by atoms with E-state index in [0.717, 1.165) is 24.0 Å². The second-order valence-corrected chi connectivity index (χ2v) is 8.87. The number of carbonyl (C=O) groups excluding carboxylic acids is 2. The zero-order chi connectivity index (χ0) is 20.0. The molecule has 2 aromatic rings. The predicted octanol–water partition coefficient (Wildman–Crippen LogP) is 4.81. The Labute approximate surface area is 176 Å². The number of hydrogen-bond acceptors (Lipinski definition) is 2. The normalized spacial score (nSPS) is 24.0. The topological polar surface area (TPSA) is 40.6 Å². The zero-order valence-corrected chi connectivity index (χ0v) is 17.2. The summed E-state index contributed by atoms with van der Waals surface area (Å²) in [5.41, 5.74) is 1.67. The number of fused-ring (bicyclic) bond motifs is 3. The van der Waals surface area contributed by atoms with Gasteiger partial charge in [0.25, 0.3) is 5.91 Å². The van der Waals surface area contributed by atoms with Crippen molar-refractivity contribution in [3.05, 3.63) is 70.2 Å². The van der Waals surface area contributed by atoms with E-state index >= 15 is 0 Å². The molecule has 5 rings (SSSR count). The minimum absolute atomic E-state index is 0.00326. The minimum atomic E-state index is -0.857. The predicted molar refractivity (Wildman–Crippen MR) is 113 cm³/mol. The summed E-state index contributed by atoms with van der Waals surface area (Å²) in [6, 6.07) is 15.3. The van der Waals surface area contributed by atoms with Crippen LogP contribution < -0.4 is 0 Å². The van der Waals surface area contributed by atoms with Gasteiger partial charge in [-0.3, -0.25) is 9.59 Å². The summed E-state index contributed by atoms with van der Waals surface area (Å²) in [5.74, 6) is 0.613. The maximum Gasteiger partial charge on any atom is 0.256 e. The van der Waals surface area contributed by atoms with E-state index < -0.39 is 5.66 Å². The standard InChI is InChI=1S/C24H25ClN2O2/c25-19-12-10-18(11-13-19)24-21-9-5-4-8-20(21)23(29)27(24)15-14-26(24)22(28)16-17-6-2-1-3-7-17/h4-5,8-13,17H,1-3,6-7,14-16H2. The van der Waals surface area contributed by atoms with Crippen molar-refractivity contribution < 1.29 is 9.59 Å². The van der Waals surface area contributed by atoms with Crippen LogP contribution in [0.1, 0.15) is 60.0 Å². The van der Waals surface area contributed by atoms with Crippen molar-refractivity contribution in [2.24, 2.45) is 5.92 Å². The Morgan fingerprint density at radius 1 is 1.00 bits per heavy atom. The van der Waals surface area contributed by atoms with Crippen molar-refractivity contribution in [3.63, 3.8) is 0 Å². The summed E-state index contributed by atoms with van der Waals surface area (Å²) < 4.78 is 0. The number of hydrogen-bond donors (Lipinski definition) is 0. The molecule has 1 saturated carbocycles. The lowest BCUT2D eigenvalue weighted by Crippen LogP contribution is -2.51. The molecular weight excluding hydrogens is 384 g/mol. The minimum Gasteiger partial charge on any atom is -0.310 e. The third-order valence-corrected chi connectivity index (χ3v) is 7.09. The van der Waals surface area contributed by atoms with Gasteiger partial charge in [0.15, 0.2) is 5.66 Å². The maximum atomic E-state index is 13.6. The third-order valence-electron chi connectivity index (χ3n) is 6.84. The van der Waals surface area contributed by atoms with E-state index in [4.69, 9.17) is 11.6 Å². The highest BCUT2D eigenvalue weighted by atomic mass is 35.5. The van der Waals surface area contributed by atoms with Crippen molar-refractivity contribution in [1.29, 1.82) is 0 Å². The molecule has 4 nitrogen and oxygen atoms in total. The van der Waals surface area contributed by atoms with Crippen molar-refractivity contribution in [2.75, 3.05) is 13.1 Å². The van der Waals surface area contributed by atoms with E-state index in [1.165, 1.54) is 19.3 Å². The monoisotopic (exact) mass is 408 g/mol. The molecule has 0 spiro atoms. The Balaban J connectivity index is 1.61. The summed E-state index contributed by atoms with van der Waals surface area (Å²) in [6.45, 7) is 1.11. The number of nitrogens with zero attached hydrogens (tertiary/aromatic N) is 2. The molecule has 1 saturated heterocycles. The van der Waals surface area contributed by atoms with Crippen LogP contribution in [0.4, 0.5) is 0 Å². The zero-order valence-electron chi connectivity index (χ0n) is 16.4. The molecule has 0 radical (unpaired) electrons. The van der Waals surface area contributed by atoms with Gasteiger partial charge >= 0.3 is 0 Å². The molecule has 5 heteroatoms. The van der Waals surface area contributed by atoms with E-state index in [1.54, 1.807) is 0 Å². The SMILES string of the molecule is O=C(CC1CCCCC1)N1CCN2C(=O)c3ccccc3C12c1ccc(Cl)cc1. The number of rotatable bonds is 3. The van der Waals surface area contributed by atoms with Crippen molar-refractivity contribution in [1.82, 2.24) is 9.80 Å². The molecule has 150 valence electrons. The van der Waals surface area contributed by atoms with Crippen molar-refractivity contribution in [2.45, 2.75) is 44.2 Å². The number of benzene rings is 2. The summed E-state index contributed by atoms with van der Waals surface area (Å²) >= 11 is 6.15. The van der Waals surface area contributed by atoms with Crippen LogP contribution in [0.15, 0.2) is 48.5 Å². The Bertz CT molecular complexity index is 952. The van der Waals surface area contributed by atoms with Gasteiger partial charge in [0, 0.05) is 41.2 Å². The highest BCUT2D eigenvalue weighted by Gasteiger charge is 2.59. The van der Waals surface area contributed by atoms with Crippen LogP contribution in [0, 0.1) is 5.92 Å². The van der Waals surface area contributed by atoms with Crippen LogP contribution >= 0.6 is 11.6 Å². The fraction of sp³-hybridized carbons (Fsp3) is 0.417. The van der Waals surface area contributed by atoms with Gasteiger partial charge in [-0.25, -0.2) is 0 Å². The molecule has 2 fully saturated rings. The van der Waals surface area contributed by atoms with E-state index in [9.17, 15) is 9.59 Å². The first-order chi connectivity index (χ1) is 14.1. The molecule has 1 aliphatic carbocycles. The molecule has 29 heavy (non-hydrogen) atoms. The first-order valence-corrected chi connectivity index (χ1v) is 11.0. The van der Waals surface area contributed by atoms with Crippen molar-refractivity contribution >= 4 is 23.4 Å². The quantitative estimate of drug-likeness (QED) is 0.731. The largest absolute Gasteiger partial charge is 0.310 e. The lowest BCUT2D eigenvalue weighted by atomic mass is 9.85. The van der Waals surface area contributed by atoms with E-state index in [-0.39, 0.29) is 11.8 Å². The average Bonchev–Trinajstić information content (AvgIpc) is 3.25.